The van der Waals surface area contributed by atoms with Gasteiger partial charge in [-0.25, -0.2) is 0 Å². The molecule has 0 aliphatic heterocycles. The lowest BCUT2D eigenvalue weighted by atomic mass is 10.1. The number of carbonyl (C=O) groups is 1. The average molecular weight is 317 g/mol. The first-order valence-electron chi connectivity index (χ1n) is 8.02. The number of benzene rings is 1. The van der Waals surface area contributed by atoms with Crippen LogP contribution in [-0.2, 0) is 24.1 Å². The maximum absolute atomic E-state index is 11.9. The minimum absolute atomic E-state index is 0.0341. The topological polar surface area (TPSA) is 88.2 Å². The average Bonchev–Trinajstić information content (AvgIpc) is 2.97. The summed E-state index contributed by atoms with van der Waals surface area (Å²) >= 11 is 0. The first-order chi connectivity index (χ1) is 11.2. The molecule has 23 heavy (non-hydrogen) atoms. The summed E-state index contributed by atoms with van der Waals surface area (Å²) < 4.78 is 5.14. The van der Waals surface area contributed by atoms with Gasteiger partial charge in [-0.2, -0.15) is 4.98 Å². The fraction of sp³-hybridized carbons (Fsp3) is 0.471. The highest BCUT2D eigenvalue weighted by Crippen LogP contribution is 2.11. The van der Waals surface area contributed by atoms with Crippen LogP contribution in [0.2, 0.25) is 0 Å². The highest BCUT2D eigenvalue weighted by molar-refractivity contribution is 5.90. The van der Waals surface area contributed by atoms with Gasteiger partial charge >= 0.3 is 0 Å². The summed E-state index contributed by atoms with van der Waals surface area (Å²) in [5.74, 6) is 1.29. The van der Waals surface area contributed by atoms with Crippen LogP contribution in [0.4, 0.5) is 5.69 Å². The number of rotatable bonds is 9. The highest BCUT2D eigenvalue weighted by Gasteiger charge is 2.07. The number of amides is 1. The fourth-order valence-electron chi connectivity index (χ4n) is 2.22. The van der Waals surface area contributed by atoms with Crippen LogP contribution in [0, 0.1) is 0 Å². The van der Waals surface area contributed by atoms with Crippen LogP contribution in [0.3, 0.4) is 0 Å². The van der Waals surface area contributed by atoms with E-state index in [2.05, 4.69) is 22.4 Å². The standard InChI is InChI=1S/C17H23N3O3/c1-2-4-15-19-17(23-20-15)6-3-5-16(22)18-14-9-7-13(8-10-14)11-12-21/h7-10,21H,2-6,11-12H2,1H3,(H,18,22). The van der Waals surface area contributed by atoms with E-state index in [4.69, 9.17) is 9.63 Å². The normalized spacial score (nSPS) is 10.7. The second-order valence-corrected chi connectivity index (χ2v) is 5.43. The van der Waals surface area contributed by atoms with Crippen LogP contribution in [0.15, 0.2) is 28.8 Å². The predicted molar refractivity (Wildman–Crippen MR) is 87.1 cm³/mol. The lowest BCUT2D eigenvalue weighted by Gasteiger charge is -2.05. The van der Waals surface area contributed by atoms with Gasteiger partial charge in [0.05, 0.1) is 0 Å². The number of nitrogens with zero attached hydrogens (tertiary/aromatic N) is 2. The zero-order chi connectivity index (χ0) is 16.5. The Balaban J connectivity index is 1.71. The lowest BCUT2D eigenvalue weighted by molar-refractivity contribution is -0.116. The van der Waals surface area contributed by atoms with Crippen LogP contribution in [0.1, 0.15) is 43.5 Å². The summed E-state index contributed by atoms with van der Waals surface area (Å²) in [5.41, 5.74) is 1.81. The number of carbonyl (C=O) groups excluding carboxylic acids is 1. The predicted octanol–water partition coefficient (Wildman–Crippen LogP) is 2.52. The molecule has 0 radical (unpaired) electrons. The van der Waals surface area contributed by atoms with Crippen LogP contribution in [0.25, 0.3) is 0 Å². The minimum atomic E-state index is -0.0341. The molecule has 1 amide bonds. The van der Waals surface area contributed by atoms with Crippen molar-refractivity contribution in [3.05, 3.63) is 41.5 Å². The molecule has 0 bridgehead atoms. The number of hydrogen-bond acceptors (Lipinski definition) is 5. The molecule has 2 rings (SSSR count). The SMILES string of the molecule is CCCc1noc(CCCC(=O)Nc2ccc(CCO)cc2)n1. The van der Waals surface area contributed by atoms with Crippen molar-refractivity contribution in [2.24, 2.45) is 0 Å². The molecular formula is C17H23N3O3. The Morgan fingerprint density at radius 3 is 2.70 bits per heavy atom. The number of anilines is 1. The van der Waals surface area contributed by atoms with E-state index in [0.29, 0.717) is 31.6 Å². The van der Waals surface area contributed by atoms with E-state index in [1.807, 2.05) is 24.3 Å². The van der Waals surface area contributed by atoms with E-state index in [0.717, 1.165) is 29.9 Å². The number of aliphatic hydroxyl groups excluding tert-OH is 1. The molecule has 6 heteroatoms. The van der Waals surface area contributed by atoms with Gasteiger partial charge in [0.1, 0.15) is 0 Å². The summed E-state index contributed by atoms with van der Waals surface area (Å²) in [5, 5.41) is 15.6. The summed E-state index contributed by atoms with van der Waals surface area (Å²) in [6, 6.07) is 7.49. The number of hydrogen-bond donors (Lipinski definition) is 2. The van der Waals surface area contributed by atoms with Gasteiger partial charge < -0.3 is 14.9 Å². The van der Waals surface area contributed by atoms with E-state index >= 15 is 0 Å². The van der Waals surface area contributed by atoms with Crippen LogP contribution in [-0.4, -0.2) is 27.8 Å². The quantitative estimate of drug-likeness (QED) is 0.742. The molecule has 1 aromatic heterocycles. The molecule has 1 aromatic carbocycles. The zero-order valence-corrected chi connectivity index (χ0v) is 13.4. The van der Waals surface area contributed by atoms with Crippen molar-refractivity contribution in [2.45, 2.75) is 45.4 Å². The van der Waals surface area contributed by atoms with E-state index in [-0.39, 0.29) is 12.5 Å². The van der Waals surface area contributed by atoms with Crippen molar-refractivity contribution in [2.75, 3.05) is 11.9 Å². The number of aliphatic hydroxyl groups is 1. The molecule has 0 spiro atoms. The van der Waals surface area contributed by atoms with E-state index in [1.165, 1.54) is 0 Å². The summed E-state index contributed by atoms with van der Waals surface area (Å²) in [6.07, 6.45) is 4.11. The molecule has 0 aliphatic rings. The molecular weight excluding hydrogens is 294 g/mol. The van der Waals surface area contributed by atoms with Gasteiger partial charge in [0.25, 0.3) is 0 Å². The lowest BCUT2D eigenvalue weighted by Crippen LogP contribution is -2.11. The summed E-state index contributed by atoms with van der Waals surface area (Å²) in [6.45, 7) is 2.19. The Hall–Kier alpha value is -2.21. The molecule has 124 valence electrons. The molecule has 2 N–H and O–H groups in total. The Kier molecular flexibility index (Phi) is 6.75. The molecule has 1 heterocycles. The fourth-order valence-corrected chi connectivity index (χ4v) is 2.22. The van der Waals surface area contributed by atoms with Gasteiger partial charge in [0, 0.05) is 31.6 Å². The number of aryl methyl sites for hydroxylation is 2. The first kappa shape index (κ1) is 17.1. The van der Waals surface area contributed by atoms with Crippen LogP contribution >= 0.6 is 0 Å². The third-order valence-electron chi connectivity index (χ3n) is 3.42. The zero-order valence-electron chi connectivity index (χ0n) is 13.4. The Morgan fingerprint density at radius 1 is 1.22 bits per heavy atom. The highest BCUT2D eigenvalue weighted by atomic mass is 16.5. The molecule has 0 fully saturated rings. The Bertz CT molecular complexity index is 608. The second-order valence-electron chi connectivity index (χ2n) is 5.43. The van der Waals surface area contributed by atoms with Gasteiger partial charge in [-0.15, -0.1) is 0 Å². The Labute approximate surface area is 135 Å². The maximum atomic E-state index is 11.9. The molecule has 0 saturated carbocycles. The molecule has 0 atom stereocenters. The van der Waals surface area contributed by atoms with Crippen molar-refractivity contribution in [3.8, 4) is 0 Å². The van der Waals surface area contributed by atoms with Gasteiger partial charge in [0.2, 0.25) is 11.8 Å². The second kappa shape index (κ2) is 9.05. The minimum Gasteiger partial charge on any atom is -0.396 e. The molecule has 2 aromatic rings. The third-order valence-corrected chi connectivity index (χ3v) is 3.42. The largest absolute Gasteiger partial charge is 0.396 e. The molecule has 0 saturated heterocycles. The van der Waals surface area contributed by atoms with Gasteiger partial charge in [-0.05, 0) is 37.0 Å². The van der Waals surface area contributed by atoms with Crippen LogP contribution in [0.5, 0.6) is 0 Å². The number of nitrogens with one attached hydrogen (secondary N) is 1. The summed E-state index contributed by atoms with van der Waals surface area (Å²) in [4.78, 5) is 16.2. The Morgan fingerprint density at radius 2 is 2.00 bits per heavy atom. The monoisotopic (exact) mass is 317 g/mol. The van der Waals surface area contributed by atoms with Crippen molar-refractivity contribution < 1.29 is 14.4 Å². The van der Waals surface area contributed by atoms with Crippen LogP contribution < -0.4 is 5.32 Å². The van der Waals surface area contributed by atoms with Gasteiger partial charge in [-0.1, -0.05) is 24.2 Å². The van der Waals surface area contributed by atoms with Crippen molar-refractivity contribution in [1.82, 2.24) is 10.1 Å². The number of aromatic nitrogens is 2. The third kappa shape index (κ3) is 5.83. The van der Waals surface area contributed by atoms with E-state index in [9.17, 15) is 4.79 Å². The van der Waals surface area contributed by atoms with Crippen molar-refractivity contribution >= 4 is 11.6 Å². The van der Waals surface area contributed by atoms with E-state index < -0.39 is 0 Å². The molecule has 6 nitrogen and oxygen atoms in total. The first-order valence-corrected chi connectivity index (χ1v) is 8.02. The maximum Gasteiger partial charge on any atom is 0.226 e. The van der Waals surface area contributed by atoms with Crippen molar-refractivity contribution in [3.63, 3.8) is 0 Å². The van der Waals surface area contributed by atoms with Crippen molar-refractivity contribution in [1.29, 1.82) is 0 Å². The van der Waals surface area contributed by atoms with Gasteiger partial charge in [-0.3, -0.25) is 4.79 Å². The summed E-state index contributed by atoms with van der Waals surface area (Å²) in [7, 11) is 0. The molecule has 0 aliphatic carbocycles. The molecule has 0 unspecified atom stereocenters. The smallest absolute Gasteiger partial charge is 0.226 e. The van der Waals surface area contributed by atoms with Gasteiger partial charge in [0.15, 0.2) is 5.82 Å². The van der Waals surface area contributed by atoms with E-state index in [1.54, 1.807) is 0 Å².